The number of hydrogen-bond donors (Lipinski definition) is 2. The Morgan fingerprint density at radius 3 is 2.64 bits per heavy atom. The Hall–Kier alpha value is -2.43. The van der Waals surface area contributed by atoms with Crippen molar-refractivity contribution in [3.63, 3.8) is 0 Å². The van der Waals surface area contributed by atoms with Crippen LogP contribution in [0.1, 0.15) is 5.56 Å². The highest BCUT2D eigenvalue weighted by molar-refractivity contribution is 7.89. The Balaban J connectivity index is 1.89. The minimum Gasteiger partial charge on any atom is -0.485 e. The van der Waals surface area contributed by atoms with E-state index in [1.54, 1.807) is 0 Å². The molecule has 2 N–H and O–H groups in total. The Morgan fingerprint density at radius 1 is 1.33 bits per heavy atom. The molecule has 33 heavy (non-hydrogen) atoms. The van der Waals surface area contributed by atoms with Gasteiger partial charge in [-0.3, -0.25) is 0 Å². The van der Waals surface area contributed by atoms with Crippen LogP contribution in [0.4, 0.5) is 18.9 Å². The normalized spacial score (nSPS) is 21.7. The van der Waals surface area contributed by atoms with Crippen molar-refractivity contribution in [3.05, 3.63) is 58.5 Å². The lowest BCUT2D eigenvalue weighted by atomic mass is 9.86. The minimum atomic E-state index is -4.61. The van der Waals surface area contributed by atoms with Gasteiger partial charge < -0.3 is 14.9 Å². The summed E-state index contributed by atoms with van der Waals surface area (Å²) in [5, 5.41) is 20.7. The highest BCUT2D eigenvalue weighted by Crippen LogP contribution is 2.37. The van der Waals surface area contributed by atoms with Gasteiger partial charge in [-0.1, -0.05) is 23.7 Å². The van der Waals surface area contributed by atoms with Crippen LogP contribution in [0.2, 0.25) is 5.02 Å². The SMILES string of the molecule is [C-]#[N+]c1ccc(C[C@H]2CN(S(=O)(=O)c3ccc(Cl)cn3)C[C@@]2(O)CO)c(OCC(F)(F)F)c1. The van der Waals surface area contributed by atoms with Gasteiger partial charge in [0.25, 0.3) is 10.0 Å². The monoisotopic (exact) mass is 505 g/mol. The second kappa shape index (κ2) is 9.44. The van der Waals surface area contributed by atoms with E-state index in [0.29, 0.717) is 0 Å². The number of alkyl halides is 3. The van der Waals surface area contributed by atoms with Crippen molar-refractivity contribution in [1.29, 1.82) is 0 Å². The van der Waals surface area contributed by atoms with Gasteiger partial charge in [0, 0.05) is 25.2 Å². The molecule has 1 aliphatic heterocycles. The number of nitrogens with zero attached hydrogens (tertiary/aromatic N) is 3. The van der Waals surface area contributed by atoms with Gasteiger partial charge in [-0.25, -0.2) is 18.2 Å². The summed E-state index contributed by atoms with van der Waals surface area (Å²) in [5.74, 6) is -1.08. The van der Waals surface area contributed by atoms with Gasteiger partial charge in [-0.2, -0.15) is 17.5 Å². The van der Waals surface area contributed by atoms with Crippen molar-refractivity contribution in [2.24, 2.45) is 5.92 Å². The topological polar surface area (TPSA) is 104 Å². The molecule has 0 aliphatic carbocycles. The second-order valence-electron chi connectivity index (χ2n) is 7.58. The van der Waals surface area contributed by atoms with E-state index in [1.807, 2.05) is 0 Å². The number of hydrogen-bond acceptors (Lipinski definition) is 6. The zero-order valence-corrected chi connectivity index (χ0v) is 18.5. The molecule has 1 saturated heterocycles. The van der Waals surface area contributed by atoms with E-state index in [-0.39, 0.29) is 40.0 Å². The molecule has 0 unspecified atom stereocenters. The van der Waals surface area contributed by atoms with Gasteiger partial charge in [0.05, 0.1) is 18.2 Å². The standard InChI is InChI=1S/C20H19ClF3N3O5S/c1-25-16-4-2-13(17(7-16)32-12-20(22,23)24)6-14-9-27(10-19(14,29)11-28)33(30,31)18-5-3-15(21)8-26-18/h2-5,7-8,14,28-29H,6,9-12H2/t14-,19+/m0/s1. The van der Waals surface area contributed by atoms with Crippen molar-refractivity contribution in [3.8, 4) is 5.75 Å². The van der Waals surface area contributed by atoms with Crippen LogP contribution in [0.5, 0.6) is 5.75 Å². The quantitative estimate of drug-likeness (QED) is 0.561. The first-order valence-electron chi connectivity index (χ1n) is 9.53. The van der Waals surface area contributed by atoms with Crippen molar-refractivity contribution in [1.82, 2.24) is 9.29 Å². The maximum atomic E-state index is 13.0. The number of aliphatic hydroxyl groups excluding tert-OH is 1. The number of β-amino-alcohol motifs (C(OH)–C–C–N with tert-alkyl or cyclic N) is 1. The first kappa shape index (κ1) is 25.2. The number of benzene rings is 1. The lowest BCUT2D eigenvalue weighted by molar-refractivity contribution is -0.153. The zero-order chi connectivity index (χ0) is 24.4. The third-order valence-electron chi connectivity index (χ3n) is 5.25. The van der Waals surface area contributed by atoms with E-state index in [9.17, 15) is 31.8 Å². The molecule has 2 aromatic rings. The van der Waals surface area contributed by atoms with Gasteiger partial charge in [-0.15, -0.1) is 0 Å². The third kappa shape index (κ3) is 5.74. The summed E-state index contributed by atoms with van der Waals surface area (Å²) in [7, 11) is -4.14. The summed E-state index contributed by atoms with van der Waals surface area (Å²) in [6.07, 6.45) is -3.56. The van der Waals surface area contributed by atoms with E-state index >= 15 is 0 Å². The first-order valence-corrected chi connectivity index (χ1v) is 11.3. The van der Waals surface area contributed by atoms with Crippen LogP contribution >= 0.6 is 11.6 Å². The van der Waals surface area contributed by atoms with Crippen molar-refractivity contribution in [2.45, 2.75) is 23.2 Å². The van der Waals surface area contributed by atoms with Crippen LogP contribution in [0, 0.1) is 12.5 Å². The molecule has 1 aliphatic rings. The smallest absolute Gasteiger partial charge is 0.422 e. The van der Waals surface area contributed by atoms with Crippen LogP contribution in [-0.2, 0) is 16.4 Å². The molecule has 2 heterocycles. The van der Waals surface area contributed by atoms with Gasteiger partial charge >= 0.3 is 6.18 Å². The number of pyridine rings is 1. The fourth-order valence-electron chi connectivity index (χ4n) is 3.52. The van der Waals surface area contributed by atoms with Crippen LogP contribution in [0.3, 0.4) is 0 Å². The molecular formula is C20H19ClF3N3O5S. The lowest BCUT2D eigenvalue weighted by Gasteiger charge is -2.27. The van der Waals surface area contributed by atoms with Gasteiger partial charge in [0.15, 0.2) is 17.3 Å². The molecule has 1 aromatic carbocycles. The summed E-state index contributed by atoms with van der Waals surface area (Å²) < 4.78 is 69.7. The van der Waals surface area contributed by atoms with Gasteiger partial charge in [-0.05, 0) is 30.2 Å². The molecule has 0 bridgehead atoms. The molecule has 1 aromatic heterocycles. The van der Waals surface area contributed by atoms with Gasteiger partial charge in [0.1, 0.15) is 11.4 Å². The van der Waals surface area contributed by atoms with E-state index in [4.69, 9.17) is 22.9 Å². The molecule has 0 radical (unpaired) electrons. The number of aromatic nitrogens is 1. The molecule has 8 nitrogen and oxygen atoms in total. The Morgan fingerprint density at radius 2 is 2.06 bits per heavy atom. The molecule has 3 rings (SSSR count). The number of ether oxygens (including phenoxy) is 1. The predicted octanol–water partition coefficient (Wildman–Crippen LogP) is 2.81. The van der Waals surface area contributed by atoms with Crippen molar-refractivity contribution >= 4 is 27.3 Å². The fourth-order valence-corrected chi connectivity index (χ4v) is 5.09. The predicted molar refractivity (Wildman–Crippen MR) is 111 cm³/mol. The molecular weight excluding hydrogens is 487 g/mol. The van der Waals surface area contributed by atoms with Crippen LogP contribution < -0.4 is 4.74 Å². The van der Waals surface area contributed by atoms with Crippen LogP contribution in [0.15, 0.2) is 41.6 Å². The molecule has 13 heteroatoms. The summed E-state index contributed by atoms with van der Waals surface area (Å²) in [4.78, 5) is 6.97. The maximum absolute atomic E-state index is 13.0. The Labute approximate surface area is 193 Å². The van der Waals surface area contributed by atoms with Crippen molar-refractivity contribution in [2.75, 3.05) is 26.3 Å². The average molecular weight is 506 g/mol. The van der Waals surface area contributed by atoms with Gasteiger partial charge in [0.2, 0.25) is 0 Å². The molecule has 178 valence electrons. The van der Waals surface area contributed by atoms with Crippen LogP contribution in [-0.4, -0.2) is 66.0 Å². The van der Waals surface area contributed by atoms with Crippen molar-refractivity contribution < 1.29 is 36.5 Å². The third-order valence-corrected chi connectivity index (χ3v) is 7.20. The highest BCUT2D eigenvalue weighted by Gasteiger charge is 2.49. The maximum Gasteiger partial charge on any atom is 0.422 e. The summed E-state index contributed by atoms with van der Waals surface area (Å²) in [6, 6.07) is 6.45. The number of rotatable bonds is 7. The number of sulfonamides is 1. The lowest BCUT2D eigenvalue weighted by Crippen LogP contribution is -2.43. The van der Waals surface area contributed by atoms with E-state index in [0.717, 1.165) is 16.6 Å². The van der Waals surface area contributed by atoms with E-state index in [2.05, 4.69) is 9.83 Å². The molecule has 1 fully saturated rings. The molecule has 0 amide bonds. The fraction of sp³-hybridized carbons (Fsp3) is 0.400. The minimum absolute atomic E-state index is 0.0535. The summed E-state index contributed by atoms with van der Waals surface area (Å²) >= 11 is 5.75. The number of halogens is 4. The second-order valence-corrected chi connectivity index (χ2v) is 9.90. The summed E-state index contributed by atoms with van der Waals surface area (Å²) in [6.45, 7) is 4.02. The Bertz CT molecular complexity index is 1160. The summed E-state index contributed by atoms with van der Waals surface area (Å²) in [5.41, 5.74) is -1.58. The zero-order valence-electron chi connectivity index (χ0n) is 17.0. The largest absolute Gasteiger partial charge is 0.485 e. The average Bonchev–Trinajstić information content (AvgIpc) is 3.10. The van der Waals surface area contributed by atoms with Crippen LogP contribution in [0.25, 0.3) is 4.85 Å². The first-order chi connectivity index (χ1) is 15.4. The van der Waals surface area contributed by atoms with E-state index < -0.39 is 47.5 Å². The highest BCUT2D eigenvalue weighted by atomic mass is 35.5. The molecule has 2 atom stereocenters. The molecule has 0 saturated carbocycles. The molecule has 0 spiro atoms. The van der Waals surface area contributed by atoms with E-state index in [1.165, 1.54) is 24.3 Å². The Kier molecular flexibility index (Phi) is 7.21. The number of aliphatic hydroxyl groups is 2.